The monoisotopic (exact) mass is 242 g/mol. The van der Waals surface area contributed by atoms with Gasteiger partial charge in [-0.2, -0.15) is 0 Å². The summed E-state index contributed by atoms with van der Waals surface area (Å²) >= 11 is 0. The van der Waals surface area contributed by atoms with Crippen molar-refractivity contribution in [1.29, 1.82) is 0 Å². The number of carbonyl (C=O) groups excluding carboxylic acids is 1. The molecule has 1 saturated heterocycles. The van der Waals surface area contributed by atoms with Gasteiger partial charge in [0.2, 0.25) is 5.91 Å². The third-order valence-electron chi connectivity index (χ3n) is 2.48. The first kappa shape index (κ1) is 12.8. The molecular formula is C11H15ClN2O2. The highest BCUT2D eigenvalue weighted by atomic mass is 35.5. The first-order chi connectivity index (χ1) is 7.29. The van der Waals surface area contributed by atoms with Gasteiger partial charge in [-0.05, 0) is 25.1 Å². The fourth-order valence-electron chi connectivity index (χ4n) is 1.44. The first-order valence-corrected chi connectivity index (χ1v) is 4.98. The van der Waals surface area contributed by atoms with Crippen LogP contribution in [0.2, 0.25) is 0 Å². The Balaban J connectivity index is 0.00000128. The number of nitrogens with one attached hydrogen (secondary N) is 2. The van der Waals surface area contributed by atoms with Crippen LogP contribution in [0.15, 0.2) is 24.3 Å². The van der Waals surface area contributed by atoms with Crippen molar-refractivity contribution >= 4 is 24.0 Å². The molecule has 1 aromatic carbocycles. The minimum atomic E-state index is -0.0313. The van der Waals surface area contributed by atoms with Gasteiger partial charge in [0.05, 0.1) is 13.2 Å². The normalized spacial score (nSPS) is 17.9. The quantitative estimate of drug-likeness (QED) is 0.843. The Morgan fingerprint density at radius 3 is 2.88 bits per heavy atom. The van der Waals surface area contributed by atoms with Crippen molar-refractivity contribution in [3.8, 4) is 5.75 Å². The van der Waals surface area contributed by atoms with Crippen LogP contribution in [0.4, 0.5) is 5.69 Å². The van der Waals surface area contributed by atoms with Crippen LogP contribution in [-0.2, 0) is 4.79 Å². The Hall–Kier alpha value is -1.26. The molecule has 1 atom stereocenters. The minimum absolute atomic E-state index is 0. The molecule has 16 heavy (non-hydrogen) atoms. The van der Waals surface area contributed by atoms with E-state index in [1.165, 1.54) is 0 Å². The van der Waals surface area contributed by atoms with Crippen LogP contribution in [0.5, 0.6) is 5.75 Å². The van der Waals surface area contributed by atoms with E-state index in [0.29, 0.717) is 0 Å². The topological polar surface area (TPSA) is 50.4 Å². The van der Waals surface area contributed by atoms with Crippen molar-refractivity contribution in [2.75, 3.05) is 19.0 Å². The van der Waals surface area contributed by atoms with Crippen LogP contribution < -0.4 is 15.4 Å². The lowest BCUT2D eigenvalue weighted by atomic mass is 10.1. The number of ether oxygens (including phenoxy) is 1. The second-order valence-corrected chi connectivity index (χ2v) is 3.52. The van der Waals surface area contributed by atoms with Gasteiger partial charge in [0.25, 0.3) is 0 Å². The van der Waals surface area contributed by atoms with Crippen LogP contribution in [0.25, 0.3) is 0 Å². The zero-order valence-corrected chi connectivity index (χ0v) is 9.84. The van der Waals surface area contributed by atoms with Gasteiger partial charge in [0, 0.05) is 11.8 Å². The summed E-state index contributed by atoms with van der Waals surface area (Å²) in [5, 5.41) is 5.89. The molecule has 0 saturated carbocycles. The molecule has 0 bridgehead atoms. The highest BCUT2D eigenvalue weighted by Crippen LogP contribution is 2.17. The third kappa shape index (κ3) is 2.87. The van der Waals surface area contributed by atoms with E-state index in [-0.39, 0.29) is 24.4 Å². The lowest BCUT2D eigenvalue weighted by molar-refractivity contribution is -0.119. The maximum atomic E-state index is 11.6. The minimum Gasteiger partial charge on any atom is -0.497 e. The summed E-state index contributed by atoms with van der Waals surface area (Å²) in [4.78, 5) is 11.6. The molecule has 5 heteroatoms. The molecule has 1 aliphatic rings. The summed E-state index contributed by atoms with van der Waals surface area (Å²) in [6.45, 7) is 0.927. The van der Waals surface area contributed by atoms with Crippen molar-refractivity contribution in [1.82, 2.24) is 5.32 Å². The summed E-state index contributed by atoms with van der Waals surface area (Å²) in [5.74, 6) is 0.767. The predicted octanol–water partition coefficient (Wildman–Crippen LogP) is 1.42. The number of anilines is 1. The van der Waals surface area contributed by atoms with E-state index < -0.39 is 0 Å². The van der Waals surface area contributed by atoms with Crippen LogP contribution in [0.3, 0.4) is 0 Å². The fourth-order valence-corrected chi connectivity index (χ4v) is 1.44. The summed E-state index contributed by atoms with van der Waals surface area (Å²) in [7, 11) is 1.61. The maximum Gasteiger partial charge on any atom is 0.241 e. The van der Waals surface area contributed by atoms with Gasteiger partial charge < -0.3 is 15.4 Å². The molecule has 1 heterocycles. The Morgan fingerprint density at radius 2 is 2.31 bits per heavy atom. The summed E-state index contributed by atoms with van der Waals surface area (Å²) in [6.07, 6.45) is 0.913. The number of carbonyl (C=O) groups is 1. The maximum absolute atomic E-state index is 11.6. The molecule has 0 spiro atoms. The molecule has 0 aliphatic carbocycles. The van der Waals surface area contributed by atoms with Crippen molar-refractivity contribution < 1.29 is 9.53 Å². The third-order valence-corrected chi connectivity index (χ3v) is 2.48. The molecule has 1 fully saturated rings. The Kier molecular flexibility index (Phi) is 4.58. The molecule has 4 nitrogen and oxygen atoms in total. The van der Waals surface area contributed by atoms with Gasteiger partial charge in [-0.3, -0.25) is 4.79 Å². The molecule has 2 N–H and O–H groups in total. The Morgan fingerprint density at radius 1 is 1.56 bits per heavy atom. The second-order valence-electron chi connectivity index (χ2n) is 3.52. The van der Waals surface area contributed by atoms with Gasteiger partial charge >= 0.3 is 0 Å². The van der Waals surface area contributed by atoms with E-state index in [0.717, 1.165) is 24.4 Å². The van der Waals surface area contributed by atoms with E-state index in [1.807, 2.05) is 18.2 Å². The highest BCUT2D eigenvalue weighted by molar-refractivity contribution is 5.95. The average Bonchev–Trinajstić information content (AvgIpc) is 2.15. The van der Waals surface area contributed by atoms with E-state index in [9.17, 15) is 4.79 Å². The van der Waals surface area contributed by atoms with Gasteiger partial charge in [-0.25, -0.2) is 0 Å². The van der Waals surface area contributed by atoms with E-state index in [2.05, 4.69) is 10.6 Å². The molecular weight excluding hydrogens is 228 g/mol. The van der Waals surface area contributed by atoms with Crippen LogP contribution in [0, 0.1) is 0 Å². The van der Waals surface area contributed by atoms with E-state index >= 15 is 0 Å². The van der Waals surface area contributed by atoms with Crippen LogP contribution >= 0.6 is 12.4 Å². The lowest BCUT2D eigenvalue weighted by Crippen LogP contribution is -2.50. The molecule has 0 radical (unpaired) electrons. The Bertz CT molecular complexity index is 367. The molecule has 2 rings (SSSR count). The highest BCUT2D eigenvalue weighted by Gasteiger charge is 2.24. The van der Waals surface area contributed by atoms with Crippen molar-refractivity contribution in [3.63, 3.8) is 0 Å². The van der Waals surface area contributed by atoms with E-state index in [1.54, 1.807) is 13.2 Å². The van der Waals surface area contributed by atoms with Crippen LogP contribution in [0.1, 0.15) is 6.42 Å². The zero-order valence-electron chi connectivity index (χ0n) is 9.03. The predicted molar refractivity (Wildman–Crippen MR) is 65.3 cm³/mol. The number of halogens is 1. The van der Waals surface area contributed by atoms with Crippen molar-refractivity contribution in [3.05, 3.63) is 24.3 Å². The van der Waals surface area contributed by atoms with Crippen molar-refractivity contribution in [2.45, 2.75) is 12.5 Å². The number of rotatable bonds is 3. The molecule has 0 unspecified atom stereocenters. The smallest absolute Gasteiger partial charge is 0.241 e. The largest absolute Gasteiger partial charge is 0.497 e. The fraction of sp³-hybridized carbons (Fsp3) is 0.364. The number of methoxy groups -OCH3 is 1. The van der Waals surface area contributed by atoms with Gasteiger partial charge in [-0.1, -0.05) is 6.07 Å². The average molecular weight is 243 g/mol. The molecule has 88 valence electrons. The van der Waals surface area contributed by atoms with Gasteiger partial charge in [0.15, 0.2) is 0 Å². The number of hydrogen-bond acceptors (Lipinski definition) is 3. The van der Waals surface area contributed by atoms with Gasteiger partial charge in [0.1, 0.15) is 5.75 Å². The SMILES string of the molecule is COc1cccc(NC(=O)[C@H]2CCN2)c1.Cl. The number of benzene rings is 1. The Labute approximate surface area is 101 Å². The summed E-state index contributed by atoms with van der Waals surface area (Å²) in [6, 6.07) is 7.31. The van der Waals surface area contributed by atoms with E-state index in [4.69, 9.17) is 4.74 Å². The molecule has 1 aliphatic heterocycles. The van der Waals surface area contributed by atoms with Gasteiger partial charge in [-0.15, -0.1) is 12.4 Å². The standard InChI is InChI=1S/C11H14N2O2.ClH/c1-15-9-4-2-3-8(7-9)13-11(14)10-5-6-12-10;/h2-4,7,10,12H,5-6H2,1H3,(H,13,14);1H/t10-;/m1./s1. The second kappa shape index (κ2) is 5.72. The first-order valence-electron chi connectivity index (χ1n) is 4.98. The zero-order chi connectivity index (χ0) is 10.7. The number of hydrogen-bond donors (Lipinski definition) is 2. The molecule has 1 amide bonds. The summed E-state index contributed by atoms with van der Waals surface area (Å²) in [5.41, 5.74) is 0.771. The van der Waals surface area contributed by atoms with Crippen LogP contribution in [-0.4, -0.2) is 25.6 Å². The summed E-state index contributed by atoms with van der Waals surface area (Å²) < 4.78 is 5.07. The number of amides is 1. The molecule has 1 aromatic rings. The molecule has 0 aromatic heterocycles. The lowest BCUT2D eigenvalue weighted by Gasteiger charge is -2.26. The van der Waals surface area contributed by atoms with Crippen molar-refractivity contribution in [2.24, 2.45) is 0 Å².